The first-order valence-electron chi connectivity index (χ1n) is 12.9. The highest BCUT2D eigenvalue weighted by molar-refractivity contribution is 7.18. The molecule has 2 amide bonds. The summed E-state index contributed by atoms with van der Waals surface area (Å²) in [6.45, 7) is 7.79. The molecule has 1 fully saturated rings. The smallest absolute Gasteiger partial charge is 0.317 e. The average Bonchev–Trinajstić information content (AvgIpc) is 3.60. The summed E-state index contributed by atoms with van der Waals surface area (Å²) in [4.78, 5) is 23.1. The SMILES string of the molecule is Cc1cc(-c2ncc(-c3cccc4c3CCC4NC(=O)N3CCC(N(C)C)C3)s2)ccc1OC(C)C. The Kier molecular flexibility index (Phi) is 7.04. The van der Waals surface area contributed by atoms with Gasteiger partial charge < -0.3 is 19.9 Å². The van der Waals surface area contributed by atoms with Crippen LogP contribution in [0.2, 0.25) is 0 Å². The number of rotatable bonds is 6. The Labute approximate surface area is 218 Å². The maximum absolute atomic E-state index is 13.0. The van der Waals surface area contributed by atoms with Crippen molar-refractivity contribution in [2.24, 2.45) is 0 Å². The second-order valence-electron chi connectivity index (χ2n) is 10.4. The van der Waals surface area contributed by atoms with E-state index in [1.54, 1.807) is 11.3 Å². The number of urea groups is 1. The number of ether oxygens (including phenoxy) is 1. The van der Waals surface area contributed by atoms with Crippen molar-refractivity contribution in [3.05, 3.63) is 59.3 Å². The number of carbonyl (C=O) groups is 1. The molecular formula is C29H36N4O2S. The third-order valence-corrected chi connectivity index (χ3v) is 8.38. The van der Waals surface area contributed by atoms with E-state index in [1.807, 2.05) is 31.0 Å². The van der Waals surface area contributed by atoms with Gasteiger partial charge in [-0.15, -0.1) is 11.3 Å². The third-order valence-electron chi connectivity index (χ3n) is 7.30. The molecule has 1 N–H and O–H groups in total. The van der Waals surface area contributed by atoms with E-state index in [4.69, 9.17) is 9.72 Å². The van der Waals surface area contributed by atoms with Gasteiger partial charge in [0.2, 0.25) is 0 Å². The normalized spacial score (nSPS) is 19.2. The molecule has 1 aromatic heterocycles. The summed E-state index contributed by atoms with van der Waals surface area (Å²) >= 11 is 1.72. The van der Waals surface area contributed by atoms with Crippen LogP contribution in [0.15, 0.2) is 42.6 Å². The van der Waals surface area contributed by atoms with Gasteiger partial charge in [-0.3, -0.25) is 0 Å². The van der Waals surface area contributed by atoms with Crippen molar-refractivity contribution < 1.29 is 9.53 Å². The molecule has 36 heavy (non-hydrogen) atoms. The summed E-state index contributed by atoms with van der Waals surface area (Å²) in [5.41, 5.74) is 6.04. The fourth-order valence-electron chi connectivity index (χ4n) is 5.32. The van der Waals surface area contributed by atoms with E-state index in [0.717, 1.165) is 54.2 Å². The molecule has 2 aliphatic rings. The predicted octanol–water partition coefficient (Wildman–Crippen LogP) is 5.91. The zero-order valence-corrected chi connectivity index (χ0v) is 22.7. The fourth-order valence-corrected chi connectivity index (χ4v) is 6.29. The summed E-state index contributed by atoms with van der Waals surface area (Å²) in [6.07, 6.45) is 5.07. The first kappa shape index (κ1) is 24.8. The first-order valence-corrected chi connectivity index (χ1v) is 13.7. The number of hydrogen-bond donors (Lipinski definition) is 1. The van der Waals surface area contributed by atoms with Gasteiger partial charge >= 0.3 is 6.03 Å². The molecule has 2 atom stereocenters. The lowest BCUT2D eigenvalue weighted by atomic mass is 10.0. The van der Waals surface area contributed by atoms with Crippen LogP contribution < -0.4 is 10.1 Å². The lowest BCUT2D eigenvalue weighted by Gasteiger charge is -2.23. The molecule has 1 aliphatic heterocycles. The van der Waals surface area contributed by atoms with Gasteiger partial charge in [-0.2, -0.15) is 0 Å². The molecule has 0 spiro atoms. The summed E-state index contributed by atoms with van der Waals surface area (Å²) in [5.74, 6) is 0.922. The molecule has 5 rings (SSSR count). The van der Waals surface area contributed by atoms with Gasteiger partial charge in [-0.25, -0.2) is 9.78 Å². The van der Waals surface area contributed by atoms with Crippen LogP contribution in [0.25, 0.3) is 21.0 Å². The lowest BCUT2D eigenvalue weighted by molar-refractivity contribution is 0.199. The van der Waals surface area contributed by atoms with Gasteiger partial charge in [0.25, 0.3) is 0 Å². The number of hydrogen-bond acceptors (Lipinski definition) is 5. The molecule has 1 saturated heterocycles. The van der Waals surface area contributed by atoms with Crippen molar-refractivity contribution in [3.63, 3.8) is 0 Å². The molecule has 0 bridgehead atoms. The number of likely N-dealkylation sites (tertiary alicyclic amines) is 1. The van der Waals surface area contributed by atoms with Crippen LogP contribution in [-0.2, 0) is 6.42 Å². The van der Waals surface area contributed by atoms with Gasteiger partial charge in [0, 0.05) is 30.9 Å². The van der Waals surface area contributed by atoms with E-state index in [0.29, 0.717) is 6.04 Å². The van der Waals surface area contributed by atoms with Crippen molar-refractivity contribution in [3.8, 4) is 26.8 Å². The zero-order valence-electron chi connectivity index (χ0n) is 21.9. The fraction of sp³-hybridized carbons (Fsp3) is 0.448. The van der Waals surface area contributed by atoms with E-state index in [9.17, 15) is 4.79 Å². The van der Waals surface area contributed by atoms with Crippen LogP contribution in [0.4, 0.5) is 4.79 Å². The highest BCUT2D eigenvalue weighted by Gasteiger charge is 2.31. The van der Waals surface area contributed by atoms with E-state index in [2.05, 4.69) is 61.6 Å². The van der Waals surface area contributed by atoms with E-state index in [1.165, 1.54) is 21.6 Å². The number of nitrogens with zero attached hydrogens (tertiary/aromatic N) is 3. The molecule has 2 heterocycles. The maximum atomic E-state index is 13.0. The van der Waals surface area contributed by atoms with Crippen LogP contribution in [0.1, 0.15) is 49.4 Å². The predicted molar refractivity (Wildman–Crippen MR) is 147 cm³/mol. The lowest BCUT2D eigenvalue weighted by Crippen LogP contribution is -2.41. The summed E-state index contributed by atoms with van der Waals surface area (Å²) in [5, 5.41) is 4.32. The van der Waals surface area contributed by atoms with Crippen molar-refractivity contribution in [1.82, 2.24) is 20.1 Å². The summed E-state index contributed by atoms with van der Waals surface area (Å²) < 4.78 is 5.89. The number of fused-ring (bicyclic) bond motifs is 1. The molecule has 0 saturated carbocycles. The Morgan fingerprint density at radius 3 is 2.78 bits per heavy atom. The maximum Gasteiger partial charge on any atom is 0.317 e. The number of carbonyl (C=O) groups excluding carboxylic acids is 1. The summed E-state index contributed by atoms with van der Waals surface area (Å²) in [7, 11) is 4.17. The van der Waals surface area contributed by atoms with Gasteiger partial charge in [0.05, 0.1) is 17.0 Å². The van der Waals surface area contributed by atoms with Crippen LogP contribution in [0.5, 0.6) is 5.75 Å². The summed E-state index contributed by atoms with van der Waals surface area (Å²) in [6, 6.07) is 13.3. The van der Waals surface area contributed by atoms with Gasteiger partial charge in [0.1, 0.15) is 10.8 Å². The number of aromatic nitrogens is 1. The molecule has 2 aromatic carbocycles. The van der Waals surface area contributed by atoms with E-state index < -0.39 is 0 Å². The largest absolute Gasteiger partial charge is 0.491 e. The Morgan fingerprint density at radius 2 is 2.06 bits per heavy atom. The molecular weight excluding hydrogens is 468 g/mol. The van der Waals surface area contributed by atoms with Crippen LogP contribution >= 0.6 is 11.3 Å². The quantitative estimate of drug-likeness (QED) is 0.454. The molecule has 3 aromatic rings. The Morgan fingerprint density at radius 1 is 1.22 bits per heavy atom. The number of benzene rings is 2. The van der Waals surface area contributed by atoms with Crippen LogP contribution in [-0.4, -0.2) is 60.1 Å². The number of amides is 2. The second-order valence-corrected chi connectivity index (χ2v) is 11.5. The van der Waals surface area contributed by atoms with E-state index in [-0.39, 0.29) is 18.2 Å². The standard InChI is InChI=1S/C29H36N4O2S/c1-18(2)35-26-12-9-20(15-19(26)3)28-30-16-27(36-28)24-8-6-7-23-22(24)10-11-25(23)31-29(34)33-14-13-21(17-33)32(4)5/h6-9,12,15-16,18,21,25H,10-11,13-14,17H2,1-5H3,(H,31,34). The van der Waals surface area contributed by atoms with Crippen molar-refractivity contribution in [2.75, 3.05) is 27.2 Å². The third kappa shape index (κ3) is 5.00. The average molecular weight is 505 g/mol. The number of nitrogens with one attached hydrogen (secondary N) is 1. The Hall–Kier alpha value is -2.90. The number of aryl methyl sites for hydroxylation is 1. The molecule has 190 valence electrons. The Bertz CT molecular complexity index is 1250. The number of likely N-dealkylation sites (N-methyl/N-ethyl adjacent to an activating group) is 1. The van der Waals surface area contributed by atoms with Crippen LogP contribution in [0.3, 0.4) is 0 Å². The van der Waals surface area contributed by atoms with Gasteiger partial charge in [-0.05, 0) is 94.6 Å². The first-order chi connectivity index (χ1) is 17.3. The minimum Gasteiger partial charge on any atom is -0.491 e. The highest BCUT2D eigenvalue weighted by Crippen LogP contribution is 2.41. The van der Waals surface area contributed by atoms with Crippen molar-refractivity contribution in [1.29, 1.82) is 0 Å². The zero-order chi connectivity index (χ0) is 25.4. The monoisotopic (exact) mass is 504 g/mol. The Balaban J connectivity index is 1.32. The van der Waals surface area contributed by atoms with Crippen LogP contribution in [0, 0.1) is 6.92 Å². The molecule has 6 nitrogen and oxygen atoms in total. The molecule has 1 aliphatic carbocycles. The highest BCUT2D eigenvalue weighted by atomic mass is 32.1. The second kappa shape index (κ2) is 10.2. The molecule has 2 unspecified atom stereocenters. The van der Waals surface area contributed by atoms with Gasteiger partial charge in [-0.1, -0.05) is 18.2 Å². The van der Waals surface area contributed by atoms with E-state index >= 15 is 0 Å². The number of thiazole rings is 1. The molecule has 0 radical (unpaired) electrons. The van der Waals surface area contributed by atoms with Crippen molar-refractivity contribution >= 4 is 17.4 Å². The molecule has 7 heteroatoms. The minimum atomic E-state index is 0.0583. The van der Waals surface area contributed by atoms with Crippen molar-refractivity contribution in [2.45, 2.75) is 58.2 Å². The van der Waals surface area contributed by atoms with Gasteiger partial charge in [0.15, 0.2) is 0 Å². The topological polar surface area (TPSA) is 57.7 Å². The minimum absolute atomic E-state index is 0.0583.